The number of benzene rings is 2. The van der Waals surface area contributed by atoms with E-state index in [0.717, 1.165) is 56.0 Å². The van der Waals surface area contributed by atoms with Gasteiger partial charge in [-0.05, 0) is 68.5 Å². The van der Waals surface area contributed by atoms with E-state index in [1.54, 1.807) is 17.7 Å². The first-order valence-corrected chi connectivity index (χ1v) is 10.9. The van der Waals surface area contributed by atoms with E-state index in [9.17, 15) is 27.1 Å². The third-order valence-electron chi connectivity index (χ3n) is 6.41. The van der Waals surface area contributed by atoms with Crippen LogP contribution >= 0.6 is 0 Å². The molecule has 34 heavy (non-hydrogen) atoms. The van der Waals surface area contributed by atoms with E-state index in [1.165, 1.54) is 6.07 Å². The first-order chi connectivity index (χ1) is 15.8. The van der Waals surface area contributed by atoms with Crippen molar-refractivity contribution in [3.8, 4) is 0 Å². The summed E-state index contributed by atoms with van der Waals surface area (Å²) in [5, 5.41) is 14.6. The Kier molecular flexibility index (Phi) is 5.92. The van der Waals surface area contributed by atoms with Gasteiger partial charge in [-0.1, -0.05) is 36.4 Å². The number of rotatable bonds is 6. The van der Waals surface area contributed by atoms with Crippen LogP contribution in [0.5, 0.6) is 0 Å². The summed E-state index contributed by atoms with van der Waals surface area (Å²) < 4.78 is 70.7. The normalized spacial score (nSPS) is 16.1. The molecule has 3 nitrogen and oxygen atoms in total. The number of halogens is 5. The van der Waals surface area contributed by atoms with Crippen LogP contribution in [0.15, 0.2) is 48.5 Å². The molecule has 0 amide bonds. The standard InChI is InChI=1S/C26H25F5N2O/c1-16-11-23(32-33(16)15-18-5-4-6-19(12-18)25(34)9-10-25)22(28)14-17-7-8-20(21(27)13-17)24(2,3)26(29,30)31/h4-8,11-14,34H,9-10,15H2,1-3H3/b22-14-. The maximum Gasteiger partial charge on any atom is 0.398 e. The Morgan fingerprint density at radius 1 is 1.12 bits per heavy atom. The van der Waals surface area contributed by atoms with Gasteiger partial charge in [-0.25, -0.2) is 8.78 Å². The second kappa shape index (κ2) is 8.34. The Morgan fingerprint density at radius 3 is 2.44 bits per heavy atom. The topological polar surface area (TPSA) is 38.0 Å². The lowest BCUT2D eigenvalue weighted by Crippen LogP contribution is -2.37. The quantitative estimate of drug-likeness (QED) is 0.404. The fourth-order valence-corrected chi connectivity index (χ4v) is 3.83. The second-order valence-corrected chi connectivity index (χ2v) is 9.41. The third-order valence-corrected chi connectivity index (χ3v) is 6.41. The van der Waals surface area contributed by atoms with Crippen LogP contribution in [0.1, 0.15) is 60.3 Å². The summed E-state index contributed by atoms with van der Waals surface area (Å²) in [6, 6.07) is 12.3. The highest BCUT2D eigenvalue weighted by molar-refractivity contribution is 5.75. The van der Waals surface area contributed by atoms with Gasteiger partial charge in [0.2, 0.25) is 0 Å². The molecule has 1 saturated carbocycles. The van der Waals surface area contributed by atoms with E-state index in [-0.39, 0.29) is 11.3 Å². The fraction of sp³-hybridized carbons (Fsp3) is 0.346. The molecule has 4 rings (SSSR count). The molecule has 0 unspecified atom stereocenters. The number of nitrogens with zero attached hydrogens (tertiary/aromatic N) is 2. The molecule has 1 N–H and O–H groups in total. The van der Waals surface area contributed by atoms with Gasteiger partial charge in [0.15, 0.2) is 5.83 Å². The van der Waals surface area contributed by atoms with Crippen molar-refractivity contribution in [2.24, 2.45) is 0 Å². The minimum Gasteiger partial charge on any atom is -0.385 e. The third kappa shape index (κ3) is 4.64. The van der Waals surface area contributed by atoms with Gasteiger partial charge in [-0.15, -0.1) is 0 Å². The average molecular weight is 476 g/mol. The highest BCUT2D eigenvalue weighted by Crippen LogP contribution is 2.45. The van der Waals surface area contributed by atoms with E-state index in [1.807, 2.05) is 24.3 Å². The molecule has 8 heteroatoms. The Morgan fingerprint density at radius 2 is 1.82 bits per heavy atom. The summed E-state index contributed by atoms with van der Waals surface area (Å²) in [7, 11) is 0. The number of aryl methyl sites for hydroxylation is 1. The fourth-order valence-electron chi connectivity index (χ4n) is 3.83. The predicted octanol–water partition coefficient (Wildman–Crippen LogP) is 6.67. The lowest BCUT2D eigenvalue weighted by Gasteiger charge is -2.28. The van der Waals surface area contributed by atoms with Gasteiger partial charge >= 0.3 is 6.18 Å². The van der Waals surface area contributed by atoms with Crippen molar-refractivity contribution in [1.29, 1.82) is 0 Å². The van der Waals surface area contributed by atoms with Gasteiger partial charge in [0, 0.05) is 11.3 Å². The van der Waals surface area contributed by atoms with Crippen LogP contribution < -0.4 is 0 Å². The molecular weight excluding hydrogens is 451 g/mol. The zero-order chi connectivity index (χ0) is 24.9. The molecule has 0 aliphatic heterocycles. The number of alkyl halides is 3. The molecule has 1 aliphatic rings. The van der Waals surface area contributed by atoms with Gasteiger partial charge < -0.3 is 5.11 Å². The van der Waals surface area contributed by atoms with Gasteiger partial charge in [-0.2, -0.15) is 18.3 Å². The number of aliphatic hydroxyl groups is 1. The molecule has 1 aliphatic carbocycles. The summed E-state index contributed by atoms with van der Waals surface area (Å²) in [6.07, 6.45) is -2.13. The summed E-state index contributed by atoms with van der Waals surface area (Å²) in [5.74, 6) is -1.78. The summed E-state index contributed by atoms with van der Waals surface area (Å²) in [6.45, 7) is 3.95. The first-order valence-electron chi connectivity index (χ1n) is 10.9. The van der Waals surface area contributed by atoms with Crippen molar-refractivity contribution in [3.63, 3.8) is 0 Å². The Labute approximate surface area is 194 Å². The van der Waals surface area contributed by atoms with Crippen molar-refractivity contribution in [2.75, 3.05) is 0 Å². The van der Waals surface area contributed by atoms with E-state index >= 15 is 0 Å². The van der Waals surface area contributed by atoms with Crippen molar-refractivity contribution >= 4 is 11.9 Å². The lowest BCUT2D eigenvalue weighted by atomic mass is 9.83. The minimum atomic E-state index is -4.63. The van der Waals surface area contributed by atoms with E-state index in [2.05, 4.69) is 5.10 Å². The first kappa shape index (κ1) is 24.1. The van der Waals surface area contributed by atoms with Crippen molar-refractivity contribution < 1.29 is 27.1 Å². The van der Waals surface area contributed by atoms with Crippen LogP contribution in [0.2, 0.25) is 0 Å². The molecule has 2 aromatic carbocycles. The van der Waals surface area contributed by atoms with Gasteiger partial charge in [0.05, 0.1) is 17.6 Å². The van der Waals surface area contributed by atoms with Crippen molar-refractivity contribution in [3.05, 3.63) is 88.0 Å². The second-order valence-electron chi connectivity index (χ2n) is 9.41. The molecule has 0 spiro atoms. The summed E-state index contributed by atoms with van der Waals surface area (Å²) in [4.78, 5) is 0. The summed E-state index contributed by atoms with van der Waals surface area (Å²) in [5.41, 5.74) is -1.05. The van der Waals surface area contributed by atoms with Gasteiger partial charge in [0.1, 0.15) is 11.5 Å². The predicted molar refractivity (Wildman–Crippen MR) is 120 cm³/mol. The van der Waals surface area contributed by atoms with E-state index in [4.69, 9.17) is 0 Å². The molecule has 1 heterocycles. The number of hydrogen-bond acceptors (Lipinski definition) is 2. The highest BCUT2D eigenvalue weighted by Gasteiger charge is 2.49. The maximum absolute atomic E-state index is 14.9. The zero-order valence-corrected chi connectivity index (χ0v) is 19.0. The molecule has 180 valence electrons. The molecule has 0 saturated heterocycles. The average Bonchev–Trinajstić information content (AvgIpc) is 3.40. The Bertz CT molecular complexity index is 1250. The SMILES string of the molecule is Cc1cc(/C(F)=C/c2ccc(C(C)(C)C(F)(F)F)c(F)c2)nn1Cc1cccc(C2(O)CC2)c1. The number of aromatic nitrogens is 2. The van der Waals surface area contributed by atoms with Gasteiger partial charge in [0.25, 0.3) is 0 Å². The molecule has 1 fully saturated rings. The highest BCUT2D eigenvalue weighted by atomic mass is 19.4. The van der Waals surface area contributed by atoms with Crippen LogP contribution in [-0.2, 0) is 17.6 Å². The minimum absolute atomic E-state index is 0.0367. The Hall–Kier alpha value is -3.00. The molecule has 1 aromatic heterocycles. The molecular formula is C26H25F5N2O. The van der Waals surface area contributed by atoms with E-state index in [0.29, 0.717) is 12.2 Å². The van der Waals surface area contributed by atoms with Crippen LogP contribution in [0.3, 0.4) is 0 Å². The molecule has 3 aromatic rings. The monoisotopic (exact) mass is 476 g/mol. The van der Waals surface area contributed by atoms with Crippen LogP contribution in [0.4, 0.5) is 22.0 Å². The van der Waals surface area contributed by atoms with E-state index < -0.39 is 34.4 Å². The van der Waals surface area contributed by atoms with Gasteiger partial charge in [-0.3, -0.25) is 4.68 Å². The maximum atomic E-state index is 14.9. The largest absolute Gasteiger partial charge is 0.398 e. The number of hydrogen-bond donors (Lipinski definition) is 1. The smallest absolute Gasteiger partial charge is 0.385 e. The van der Waals surface area contributed by atoms with Crippen LogP contribution in [-0.4, -0.2) is 21.1 Å². The molecule has 0 atom stereocenters. The Balaban J connectivity index is 1.55. The summed E-state index contributed by atoms with van der Waals surface area (Å²) >= 11 is 0. The molecule has 0 radical (unpaired) electrons. The molecule has 0 bridgehead atoms. The zero-order valence-electron chi connectivity index (χ0n) is 19.0. The van der Waals surface area contributed by atoms with Crippen LogP contribution in [0.25, 0.3) is 11.9 Å². The van der Waals surface area contributed by atoms with Crippen LogP contribution in [0, 0.1) is 12.7 Å². The van der Waals surface area contributed by atoms with Crippen molar-refractivity contribution in [1.82, 2.24) is 9.78 Å². The van der Waals surface area contributed by atoms with Crippen molar-refractivity contribution in [2.45, 2.75) is 57.3 Å². The lowest BCUT2D eigenvalue weighted by molar-refractivity contribution is -0.180.